The van der Waals surface area contributed by atoms with Crippen LogP contribution in [0.3, 0.4) is 0 Å². The highest BCUT2D eigenvalue weighted by molar-refractivity contribution is 9.10. The van der Waals surface area contributed by atoms with Crippen molar-refractivity contribution in [3.8, 4) is 0 Å². The summed E-state index contributed by atoms with van der Waals surface area (Å²) in [5.74, 6) is -1.26. The molecule has 4 rings (SSSR count). The van der Waals surface area contributed by atoms with Crippen LogP contribution in [0.5, 0.6) is 0 Å². The molecule has 0 amide bonds. The Labute approximate surface area is 133 Å². The van der Waals surface area contributed by atoms with Crippen LogP contribution in [0, 0.1) is 0 Å². The number of aromatic nitrogens is 4. The molecule has 2 aromatic heterocycles. The van der Waals surface area contributed by atoms with Crippen LogP contribution >= 0.6 is 15.9 Å². The molecule has 0 spiro atoms. The lowest BCUT2D eigenvalue weighted by molar-refractivity contribution is -0.218. The first-order valence-electron chi connectivity index (χ1n) is 6.80. The van der Waals surface area contributed by atoms with E-state index >= 15 is 0 Å². The van der Waals surface area contributed by atoms with E-state index in [2.05, 4.69) is 30.9 Å². The molecule has 4 heterocycles. The van der Waals surface area contributed by atoms with Crippen LogP contribution in [0.1, 0.15) is 19.6 Å². The summed E-state index contributed by atoms with van der Waals surface area (Å²) < 4.78 is 13.5. The molecule has 0 saturated carbocycles. The normalized spacial score (nSPS) is 36.7. The van der Waals surface area contributed by atoms with Gasteiger partial charge in [0, 0.05) is 0 Å². The summed E-state index contributed by atoms with van der Waals surface area (Å²) in [5, 5.41) is 20.2. The van der Waals surface area contributed by atoms with Crippen molar-refractivity contribution >= 4 is 32.9 Å². The van der Waals surface area contributed by atoms with E-state index in [0.29, 0.717) is 22.3 Å². The van der Waals surface area contributed by atoms with E-state index < -0.39 is 23.7 Å². The number of ether oxygens (including phenoxy) is 2. The molecule has 2 aliphatic rings. The molecule has 2 saturated heterocycles. The number of hydrogen-bond acceptors (Lipinski definition) is 8. The molecule has 2 unspecified atom stereocenters. The molecule has 2 aromatic rings. The minimum Gasteiger partial charge on any atom is -0.393 e. The van der Waals surface area contributed by atoms with Gasteiger partial charge in [-0.2, -0.15) is 0 Å². The summed E-state index contributed by atoms with van der Waals surface area (Å²) in [6, 6.07) is 0. The van der Waals surface area contributed by atoms with Gasteiger partial charge in [0.15, 0.2) is 34.0 Å². The Morgan fingerprint density at radius 1 is 1.45 bits per heavy atom. The van der Waals surface area contributed by atoms with Crippen molar-refractivity contribution < 1.29 is 19.7 Å². The number of hydrogen-bond donors (Lipinski definition) is 3. The molecular weight excluding hydrogens is 358 g/mol. The van der Waals surface area contributed by atoms with Gasteiger partial charge in [-0.15, -0.1) is 0 Å². The molecule has 4 N–H and O–H groups in total. The predicted octanol–water partition coefficient (Wildman–Crippen LogP) is -0.0717. The van der Waals surface area contributed by atoms with Crippen molar-refractivity contribution in [2.24, 2.45) is 0 Å². The third-order valence-electron chi connectivity index (χ3n) is 4.44. The second-order valence-electron chi connectivity index (χ2n) is 5.43. The number of imidazole rings is 1. The Bertz CT molecular complexity index is 763. The minimum absolute atomic E-state index is 0.248. The fraction of sp³-hybridized carbons (Fsp3) is 0.583. The van der Waals surface area contributed by atoms with Crippen molar-refractivity contribution in [2.75, 3.05) is 12.3 Å². The highest BCUT2D eigenvalue weighted by Crippen LogP contribution is 2.59. The number of rotatable bonds is 3. The lowest BCUT2D eigenvalue weighted by Gasteiger charge is -2.31. The molecule has 118 valence electrons. The van der Waals surface area contributed by atoms with Crippen molar-refractivity contribution in [3.63, 3.8) is 0 Å². The van der Waals surface area contributed by atoms with Crippen LogP contribution in [0.25, 0.3) is 11.2 Å². The van der Waals surface area contributed by atoms with Crippen molar-refractivity contribution in [1.29, 1.82) is 0 Å². The molecule has 22 heavy (non-hydrogen) atoms. The molecule has 0 aromatic carbocycles. The standard InChI is InChI=1S/C12H14BrN5O4/c1-2-11(3-19)12(20)6(21-12)9(22-11)18-8-5(17-10(18)13)7(14)15-4-16-8/h4,6,9,19-20H,2-3H2,1H3,(H2,14,15,16)/t6?,9-,11-,12?/m1/s1. The van der Waals surface area contributed by atoms with E-state index in [-0.39, 0.29) is 12.4 Å². The fourth-order valence-corrected chi connectivity index (χ4v) is 3.61. The number of aliphatic hydroxyl groups is 2. The van der Waals surface area contributed by atoms with E-state index in [9.17, 15) is 10.2 Å². The number of nitrogens with zero attached hydrogens (tertiary/aromatic N) is 4. The molecule has 10 heteroatoms. The van der Waals surface area contributed by atoms with E-state index in [1.807, 2.05) is 6.92 Å². The molecule has 9 nitrogen and oxygen atoms in total. The smallest absolute Gasteiger partial charge is 0.230 e. The molecule has 0 aliphatic carbocycles. The SMILES string of the molecule is CC[C@]1(CO)O[C@@H](n2c(Br)nc3c(N)ncnc32)C2OC21O. The second kappa shape index (κ2) is 4.36. The van der Waals surface area contributed by atoms with Crippen molar-refractivity contribution in [2.45, 2.75) is 37.1 Å². The number of epoxide rings is 1. The number of halogens is 1. The van der Waals surface area contributed by atoms with Crippen LogP contribution in [-0.4, -0.2) is 53.8 Å². The van der Waals surface area contributed by atoms with Gasteiger partial charge in [0.05, 0.1) is 6.61 Å². The average Bonchev–Trinajstić information content (AvgIpc) is 2.98. The predicted molar refractivity (Wildman–Crippen MR) is 77.5 cm³/mol. The number of fused-ring (bicyclic) bond motifs is 2. The highest BCUT2D eigenvalue weighted by Gasteiger charge is 2.78. The third kappa shape index (κ3) is 1.53. The monoisotopic (exact) mass is 371 g/mol. The van der Waals surface area contributed by atoms with Crippen LogP contribution in [0.4, 0.5) is 5.82 Å². The molecule has 2 aliphatic heterocycles. The number of nitrogens with two attached hydrogens (primary N) is 1. The first-order chi connectivity index (χ1) is 10.5. The van der Waals surface area contributed by atoms with Gasteiger partial charge in [-0.25, -0.2) is 15.0 Å². The highest BCUT2D eigenvalue weighted by atomic mass is 79.9. The summed E-state index contributed by atoms with van der Waals surface area (Å²) in [5.41, 5.74) is 5.53. The Morgan fingerprint density at radius 2 is 2.23 bits per heavy atom. The topological polar surface area (TPSA) is 132 Å². The molecule has 2 fully saturated rings. The maximum Gasteiger partial charge on any atom is 0.230 e. The zero-order chi connectivity index (χ0) is 15.7. The maximum atomic E-state index is 10.6. The molecule has 0 radical (unpaired) electrons. The quantitative estimate of drug-likeness (QED) is 0.504. The lowest BCUT2D eigenvalue weighted by Crippen LogP contribution is -2.47. The fourth-order valence-electron chi connectivity index (χ4n) is 3.07. The van der Waals surface area contributed by atoms with Gasteiger partial charge in [-0.3, -0.25) is 4.57 Å². The van der Waals surface area contributed by atoms with Crippen LogP contribution < -0.4 is 5.73 Å². The van der Waals surface area contributed by atoms with Gasteiger partial charge in [0.1, 0.15) is 11.9 Å². The third-order valence-corrected chi connectivity index (χ3v) is 5.00. The first kappa shape index (κ1) is 14.3. The summed E-state index contributed by atoms with van der Waals surface area (Å²) in [6.07, 6.45) is 0.445. The Morgan fingerprint density at radius 3 is 2.86 bits per heavy atom. The van der Waals surface area contributed by atoms with Crippen molar-refractivity contribution in [1.82, 2.24) is 19.5 Å². The summed E-state index contributed by atoms with van der Waals surface area (Å²) >= 11 is 3.35. The van der Waals surface area contributed by atoms with E-state index in [1.165, 1.54) is 6.33 Å². The van der Waals surface area contributed by atoms with E-state index in [0.717, 1.165) is 0 Å². The van der Waals surface area contributed by atoms with Gasteiger partial charge in [-0.05, 0) is 22.4 Å². The number of nitrogen functional groups attached to an aromatic ring is 1. The summed E-state index contributed by atoms with van der Waals surface area (Å²) in [4.78, 5) is 12.4. The van der Waals surface area contributed by atoms with E-state index in [4.69, 9.17) is 15.2 Å². The Balaban J connectivity index is 1.85. The second-order valence-corrected chi connectivity index (χ2v) is 6.14. The van der Waals surface area contributed by atoms with Gasteiger partial charge >= 0.3 is 0 Å². The minimum atomic E-state index is -1.50. The summed E-state index contributed by atoms with van der Waals surface area (Å²) in [6.45, 7) is 1.46. The van der Waals surface area contributed by atoms with Crippen molar-refractivity contribution in [3.05, 3.63) is 11.1 Å². The number of aliphatic hydroxyl groups excluding tert-OH is 1. The van der Waals surface area contributed by atoms with Gasteiger partial charge in [0.25, 0.3) is 0 Å². The zero-order valence-corrected chi connectivity index (χ0v) is 13.2. The maximum absolute atomic E-state index is 10.6. The largest absolute Gasteiger partial charge is 0.393 e. The summed E-state index contributed by atoms with van der Waals surface area (Å²) in [7, 11) is 0. The van der Waals surface area contributed by atoms with Gasteiger partial charge < -0.3 is 25.4 Å². The number of anilines is 1. The Hall–Kier alpha value is -1.33. The van der Waals surface area contributed by atoms with E-state index in [1.54, 1.807) is 4.57 Å². The Kier molecular flexibility index (Phi) is 2.83. The zero-order valence-electron chi connectivity index (χ0n) is 11.6. The van der Waals surface area contributed by atoms with Gasteiger partial charge in [0.2, 0.25) is 5.79 Å². The van der Waals surface area contributed by atoms with Crippen LogP contribution in [0.15, 0.2) is 11.1 Å². The van der Waals surface area contributed by atoms with Crippen LogP contribution in [0.2, 0.25) is 0 Å². The van der Waals surface area contributed by atoms with Gasteiger partial charge in [-0.1, -0.05) is 6.92 Å². The molecule has 0 bridgehead atoms. The molecule has 4 atom stereocenters. The molecular formula is C12H14BrN5O4. The first-order valence-corrected chi connectivity index (χ1v) is 7.59. The van der Waals surface area contributed by atoms with Crippen LogP contribution in [-0.2, 0) is 9.47 Å². The average molecular weight is 372 g/mol. The lowest BCUT2D eigenvalue weighted by atomic mass is 9.94.